The fourth-order valence-electron chi connectivity index (χ4n) is 1.68. The first kappa shape index (κ1) is 15.1. The molecule has 1 aromatic rings. The molecule has 5 heteroatoms. The Hall–Kier alpha value is -0.970. The molecule has 102 valence electrons. The molecule has 18 heavy (non-hydrogen) atoms. The van der Waals surface area contributed by atoms with Crippen molar-refractivity contribution >= 4 is 17.6 Å². The van der Waals surface area contributed by atoms with E-state index in [1.165, 1.54) is 0 Å². The summed E-state index contributed by atoms with van der Waals surface area (Å²) in [7, 11) is 0. The van der Waals surface area contributed by atoms with Crippen molar-refractivity contribution < 1.29 is 0 Å². The highest BCUT2D eigenvalue weighted by Gasteiger charge is 2.16. The first-order valence-electron chi connectivity index (χ1n) is 6.17. The average molecular weight is 269 g/mol. The van der Waals surface area contributed by atoms with Crippen LogP contribution in [0.2, 0.25) is 0 Å². The van der Waals surface area contributed by atoms with Gasteiger partial charge in [0.2, 0.25) is 0 Å². The zero-order valence-electron chi connectivity index (χ0n) is 11.9. The van der Waals surface area contributed by atoms with Crippen molar-refractivity contribution in [2.45, 2.75) is 33.2 Å². The third-order valence-electron chi connectivity index (χ3n) is 2.63. The lowest BCUT2D eigenvalue weighted by Gasteiger charge is -2.22. The Kier molecular flexibility index (Phi) is 5.26. The molecule has 1 aromatic heterocycles. The van der Waals surface area contributed by atoms with Crippen molar-refractivity contribution in [3.63, 3.8) is 0 Å². The smallest absolute Gasteiger partial charge is 0.293 e. The lowest BCUT2D eigenvalue weighted by Crippen LogP contribution is -2.35. The van der Waals surface area contributed by atoms with Crippen LogP contribution in [0.1, 0.15) is 27.7 Å². The molecule has 0 aliphatic rings. The number of rotatable bonds is 5. The second-order valence-electron chi connectivity index (χ2n) is 5.56. The fraction of sp³-hybridized carbons (Fsp3) is 0.692. The molecule has 1 heterocycles. The van der Waals surface area contributed by atoms with Gasteiger partial charge in [-0.2, -0.15) is 11.8 Å². The van der Waals surface area contributed by atoms with E-state index in [1.54, 1.807) is 17.0 Å². The summed E-state index contributed by atoms with van der Waals surface area (Å²) in [5, 5.41) is 3.15. The number of aromatic nitrogens is 2. The van der Waals surface area contributed by atoms with Gasteiger partial charge in [-0.15, -0.1) is 0 Å². The van der Waals surface area contributed by atoms with Gasteiger partial charge in [0.15, 0.2) is 5.82 Å². The number of anilines is 1. The van der Waals surface area contributed by atoms with Crippen molar-refractivity contribution in [3.8, 4) is 0 Å². The SMILES string of the molecule is CSCC(C)CNc1nccn(C(C)(C)C)c1=O. The average Bonchev–Trinajstić information content (AvgIpc) is 2.26. The Balaban J connectivity index is 2.82. The van der Waals surface area contributed by atoms with Gasteiger partial charge in [-0.25, -0.2) is 4.98 Å². The molecule has 0 radical (unpaired) electrons. The van der Waals surface area contributed by atoms with Crippen LogP contribution in [-0.2, 0) is 5.54 Å². The Morgan fingerprint density at radius 3 is 2.72 bits per heavy atom. The number of nitrogens with zero attached hydrogens (tertiary/aromatic N) is 2. The first-order valence-corrected chi connectivity index (χ1v) is 7.56. The summed E-state index contributed by atoms with van der Waals surface area (Å²) in [5.74, 6) is 2.04. The summed E-state index contributed by atoms with van der Waals surface area (Å²) in [6, 6.07) is 0. The first-order chi connectivity index (χ1) is 8.36. The second kappa shape index (κ2) is 6.27. The molecular weight excluding hydrogens is 246 g/mol. The molecule has 1 rings (SSSR count). The molecule has 0 fully saturated rings. The van der Waals surface area contributed by atoms with Gasteiger partial charge in [0.25, 0.3) is 5.56 Å². The lowest BCUT2D eigenvalue weighted by molar-refractivity contribution is 0.383. The summed E-state index contributed by atoms with van der Waals surface area (Å²) in [5.41, 5.74) is -0.275. The highest BCUT2D eigenvalue weighted by Crippen LogP contribution is 2.11. The minimum atomic E-state index is -0.221. The normalized spacial score (nSPS) is 13.4. The zero-order chi connectivity index (χ0) is 13.8. The van der Waals surface area contributed by atoms with Crippen molar-refractivity contribution in [1.29, 1.82) is 0 Å². The zero-order valence-corrected chi connectivity index (χ0v) is 12.7. The maximum Gasteiger partial charge on any atom is 0.293 e. The molecule has 4 nitrogen and oxygen atoms in total. The number of hydrogen-bond donors (Lipinski definition) is 1. The molecule has 0 aliphatic carbocycles. The van der Waals surface area contributed by atoms with Crippen LogP contribution >= 0.6 is 11.8 Å². The largest absolute Gasteiger partial charge is 0.365 e. The molecule has 0 amide bonds. The van der Waals surface area contributed by atoms with Gasteiger partial charge in [-0.05, 0) is 38.7 Å². The van der Waals surface area contributed by atoms with Crippen LogP contribution < -0.4 is 10.9 Å². The molecule has 0 bridgehead atoms. The molecule has 0 aromatic carbocycles. The topological polar surface area (TPSA) is 46.9 Å². The second-order valence-corrected chi connectivity index (χ2v) is 6.47. The van der Waals surface area contributed by atoms with Gasteiger partial charge >= 0.3 is 0 Å². The van der Waals surface area contributed by atoms with E-state index in [4.69, 9.17) is 0 Å². The molecule has 0 spiro atoms. The standard InChI is InChI=1S/C13H23N3OS/c1-10(9-18-5)8-15-11-12(17)16(7-6-14-11)13(2,3)4/h6-7,10H,8-9H2,1-5H3,(H,14,15). The van der Waals surface area contributed by atoms with Crippen molar-refractivity contribution in [3.05, 3.63) is 22.7 Å². The van der Waals surface area contributed by atoms with Crippen LogP contribution in [0, 0.1) is 5.92 Å². The van der Waals surface area contributed by atoms with E-state index in [0.717, 1.165) is 12.3 Å². The van der Waals surface area contributed by atoms with Gasteiger partial charge in [-0.1, -0.05) is 6.92 Å². The third-order valence-corrected chi connectivity index (χ3v) is 3.53. The Bertz CT molecular complexity index is 437. The van der Waals surface area contributed by atoms with E-state index in [0.29, 0.717) is 11.7 Å². The van der Waals surface area contributed by atoms with E-state index in [-0.39, 0.29) is 11.1 Å². The van der Waals surface area contributed by atoms with Crippen molar-refractivity contribution in [2.75, 3.05) is 23.9 Å². The Morgan fingerprint density at radius 1 is 1.50 bits per heavy atom. The van der Waals surface area contributed by atoms with Crippen LogP contribution in [-0.4, -0.2) is 28.1 Å². The Labute approximate surface area is 113 Å². The predicted molar refractivity (Wildman–Crippen MR) is 79.5 cm³/mol. The molecule has 1 N–H and O–H groups in total. The molecule has 1 unspecified atom stereocenters. The molecule has 0 aliphatic heterocycles. The monoisotopic (exact) mass is 269 g/mol. The molecule has 0 saturated carbocycles. The van der Waals surface area contributed by atoms with Gasteiger partial charge in [-0.3, -0.25) is 4.79 Å². The maximum absolute atomic E-state index is 12.2. The summed E-state index contributed by atoms with van der Waals surface area (Å²) in [4.78, 5) is 16.4. The van der Waals surface area contributed by atoms with Gasteiger partial charge < -0.3 is 9.88 Å². The van der Waals surface area contributed by atoms with Crippen molar-refractivity contribution in [2.24, 2.45) is 5.92 Å². The summed E-state index contributed by atoms with van der Waals surface area (Å²) in [6.07, 6.45) is 5.50. The van der Waals surface area contributed by atoms with Crippen LogP contribution in [0.3, 0.4) is 0 Å². The molecule has 0 saturated heterocycles. The maximum atomic E-state index is 12.2. The number of thioether (sulfide) groups is 1. The van der Waals surface area contributed by atoms with Gasteiger partial charge in [0.05, 0.1) is 0 Å². The quantitative estimate of drug-likeness (QED) is 0.891. The van der Waals surface area contributed by atoms with E-state index in [1.807, 2.05) is 32.5 Å². The fourth-order valence-corrected chi connectivity index (χ4v) is 2.36. The lowest BCUT2D eigenvalue weighted by atomic mass is 10.1. The molecular formula is C13H23N3OS. The number of hydrogen-bond acceptors (Lipinski definition) is 4. The van der Waals surface area contributed by atoms with E-state index < -0.39 is 0 Å². The summed E-state index contributed by atoms with van der Waals surface area (Å²) in [6.45, 7) is 8.96. The van der Waals surface area contributed by atoms with E-state index >= 15 is 0 Å². The van der Waals surface area contributed by atoms with Gasteiger partial charge in [0, 0.05) is 24.5 Å². The highest BCUT2D eigenvalue weighted by atomic mass is 32.2. The summed E-state index contributed by atoms with van der Waals surface area (Å²) >= 11 is 1.81. The third kappa shape index (κ3) is 4.05. The van der Waals surface area contributed by atoms with Crippen LogP contribution in [0.15, 0.2) is 17.2 Å². The Morgan fingerprint density at radius 2 is 2.17 bits per heavy atom. The number of nitrogens with one attached hydrogen (secondary N) is 1. The van der Waals surface area contributed by atoms with E-state index in [2.05, 4.69) is 23.5 Å². The van der Waals surface area contributed by atoms with Crippen LogP contribution in [0.4, 0.5) is 5.82 Å². The highest BCUT2D eigenvalue weighted by molar-refractivity contribution is 7.98. The van der Waals surface area contributed by atoms with Crippen LogP contribution in [0.5, 0.6) is 0 Å². The summed E-state index contributed by atoms with van der Waals surface area (Å²) < 4.78 is 1.71. The predicted octanol–water partition coefficient (Wildman–Crippen LogP) is 2.41. The minimum absolute atomic E-state index is 0.0543. The molecule has 1 atom stereocenters. The van der Waals surface area contributed by atoms with E-state index in [9.17, 15) is 4.79 Å². The van der Waals surface area contributed by atoms with Crippen molar-refractivity contribution in [1.82, 2.24) is 9.55 Å². The van der Waals surface area contributed by atoms with Gasteiger partial charge in [0.1, 0.15) is 0 Å². The van der Waals surface area contributed by atoms with Crippen LogP contribution in [0.25, 0.3) is 0 Å². The minimum Gasteiger partial charge on any atom is -0.365 e.